The summed E-state index contributed by atoms with van der Waals surface area (Å²) in [6, 6.07) is 4.68. The summed E-state index contributed by atoms with van der Waals surface area (Å²) < 4.78 is 15.5. The molecule has 1 aromatic rings. The summed E-state index contributed by atoms with van der Waals surface area (Å²) in [6.45, 7) is 6.77. The highest BCUT2D eigenvalue weighted by Gasteiger charge is 2.22. The van der Waals surface area contributed by atoms with Crippen LogP contribution in [0.3, 0.4) is 0 Å². The fraction of sp³-hybridized carbons (Fsp3) is 0.526. The highest BCUT2D eigenvalue weighted by Crippen LogP contribution is 2.23. The molecular weight excluding hydrogens is 352 g/mol. The molecule has 0 saturated carbocycles. The molecule has 0 aliphatic heterocycles. The van der Waals surface area contributed by atoms with E-state index in [2.05, 4.69) is 10.6 Å². The number of amides is 3. The van der Waals surface area contributed by atoms with Crippen molar-refractivity contribution in [3.8, 4) is 11.5 Å². The molecule has 0 fully saturated rings. The predicted molar refractivity (Wildman–Crippen MR) is 99.8 cm³/mol. The summed E-state index contributed by atoms with van der Waals surface area (Å²) in [5.41, 5.74) is 0.354. The summed E-state index contributed by atoms with van der Waals surface area (Å²) in [5.74, 6) is 0.00876. The van der Waals surface area contributed by atoms with E-state index < -0.39 is 29.6 Å². The molecular formula is C19H28N2O6. The summed E-state index contributed by atoms with van der Waals surface area (Å²) in [7, 11) is 3.09. The van der Waals surface area contributed by atoms with Gasteiger partial charge in [-0.3, -0.25) is 14.9 Å². The molecule has 0 radical (unpaired) electrons. The van der Waals surface area contributed by atoms with E-state index in [1.165, 1.54) is 6.92 Å². The standard InChI is InChI=1S/C19H28N2O6/c1-12(17(23)20-18(24)21-19(2,3)4)27-16(22)8-7-13-9-14(25-5)11-15(10-13)26-6/h9-12H,7-8H2,1-6H3,(H2,20,21,23,24)/t12-/m0/s1. The van der Waals surface area contributed by atoms with Crippen molar-refractivity contribution >= 4 is 17.9 Å². The summed E-state index contributed by atoms with van der Waals surface area (Å²) >= 11 is 0. The van der Waals surface area contributed by atoms with Gasteiger partial charge in [-0.2, -0.15) is 0 Å². The van der Waals surface area contributed by atoms with Gasteiger partial charge in [0.05, 0.1) is 14.2 Å². The maximum Gasteiger partial charge on any atom is 0.321 e. The van der Waals surface area contributed by atoms with Crippen LogP contribution in [0.4, 0.5) is 4.79 Å². The van der Waals surface area contributed by atoms with Crippen molar-refractivity contribution in [1.82, 2.24) is 10.6 Å². The summed E-state index contributed by atoms with van der Waals surface area (Å²) in [5, 5.41) is 4.74. The molecule has 8 heteroatoms. The third-order valence-electron chi connectivity index (χ3n) is 3.43. The van der Waals surface area contributed by atoms with Crippen LogP contribution in [0.15, 0.2) is 18.2 Å². The van der Waals surface area contributed by atoms with Gasteiger partial charge in [0.15, 0.2) is 6.10 Å². The number of imide groups is 1. The molecule has 1 atom stereocenters. The highest BCUT2D eigenvalue weighted by molar-refractivity contribution is 5.97. The summed E-state index contributed by atoms with van der Waals surface area (Å²) in [6.07, 6.45) is -0.615. The van der Waals surface area contributed by atoms with Crippen molar-refractivity contribution in [1.29, 1.82) is 0 Å². The molecule has 1 aromatic carbocycles. The van der Waals surface area contributed by atoms with Crippen LogP contribution >= 0.6 is 0 Å². The number of nitrogens with one attached hydrogen (secondary N) is 2. The first kappa shape index (κ1) is 22.3. The first-order valence-corrected chi connectivity index (χ1v) is 8.58. The van der Waals surface area contributed by atoms with Crippen LogP contribution in [0.1, 0.15) is 39.7 Å². The number of rotatable bonds is 7. The third kappa shape index (κ3) is 8.44. The number of aryl methyl sites for hydroxylation is 1. The van der Waals surface area contributed by atoms with Crippen LogP contribution in [0, 0.1) is 0 Å². The number of carbonyl (C=O) groups is 3. The Morgan fingerprint density at radius 1 is 1.04 bits per heavy atom. The Hall–Kier alpha value is -2.77. The zero-order chi connectivity index (χ0) is 20.6. The fourth-order valence-electron chi connectivity index (χ4n) is 2.15. The molecule has 0 aromatic heterocycles. The second-order valence-corrected chi connectivity index (χ2v) is 7.05. The van der Waals surface area contributed by atoms with Gasteiger partial charge in [0.1, 0.15) is 11.5 Å². The normalized spacial score (nSPS) is 11.9. The van der Waals surface area contributed by atoms with Crippen molar-refractivity contribution in [2.24, 2.45) is 0 Å². The van der Waals surface area contributed by atoms with Crippen molar-refractivity contribution in [2.75, 3.05) is 14.2 Å². The lowest BCUT2D eigenvalue weighted by Gasteiger charge is -2.21. The van der Waals surface area contributed by atoms with Crippen LogP contribution in [0.2, 0.25) is 0 Å². The number of methoxy groups -OCH3 is 2. The minimum Gasteiger partial charge on any atom is -0.497 e. The number of benzene rings is 1. The lowest BCUT2D eigenvalue weighted by molar-refractivity contribution is -0.154. The third-order valence-corrected chi connectivity index (χ3v) is 3.43. The molecule has 27 heavy (non-hydrogen) atoms. The topological polar surface area (TPSA) is 103 Å². The van der Waals surface area contributed by atoms with Crippen molar-refractivity contribution < 1.29 is 28.6 Å². The maximum absolute atomic E-state index is 12.0. The van der Waals surface area contributed by atoms with Crippen LogP contribution in [0.25, 0.3) is 0 Å². The Kier molecular flexibility index (Phi) is 8.08. The van der Waals surface area contributed by atoms with E-state index in [0.717, 1.165) is 5.56 Å². The quantitative estimate of drug-likeness (QED) is 0.703. The molecule has 2 N–H and O–H groups in total. The van der Waals surface area contributed by atoms with Gasteiger partial charge in [-0.05, 0) is 51.8 Å². The van der Waals surface area contributed by atoms with E-state index in [-0.39, 0.29) is 6.42 Å². The Morgan fingerprint density at radius 3 is 2.07 bits per heavy atom. The Bertz CT molecular complexity index is 659. The van der Waals surface area contributed by atoms with Gasteiger partial charge in [0.25, 0.3) is 5.91 Å². The molecule has 0 aliphatic rings. The van der Waals surface area contributed by atoms with Gasteiger partial charge in [-0.15, -0.1) is 0 Å². The second kappa shape index (κ2) is 9.80. The van der Waals surface area contributed by atoms with Crippen molar-refractivity contribution in [3.63, 3.8) is 0 Å². The van der Waals surface area contributed by atoms with Crippen molar-refractivity contribution in [2.45, 2.75) is 52.2 Å². The molecule has 8 nitrogen and oxygen atoms in total. The van der Waals surface area contributed by atoms with Gasteiger partial charge in [0.2, 0.25) is 0 Å². The maximum atomic E-state index is 12.0. The Balaban J connectivity index is 2.52. The molecule has 1 rings (SSSR count). The average Bonchev–Trinajstić information content (AvgIpc) is 2.57. The van der Waals surface area contributed by atoms with Crippen LogP contribution in [0.5, 0.6) is 11.5 Å². The largest absolute Gasteiger partial charge is 0.497 e. The fourth-order valence-corrected chi connectivity index (χ4v) is 2.15. The number of urea groups is 1. The van der Waals surface area contributed by atoms with Gasteiger partial charge < -0.3 is 19.5 Å². The van der Waals surface area contributed by atoms with E-state index in [1.54, 1.807) is 53.2 Å². The lowest BCUT2D eigenvalue weighted by atomic mass is 10.1. The summed E-state index contributed by atoms with van der Waals surface area (Å²) in [4.78, 5) is 35.6. The molecule has 0 saturated heterocycles. The van der Waals surface area contributed by atoms with E-state index in [4.69, 9.17) is 14.2 Å². The van der Waals surface area contributed by atoms with Crippen LogP contribution in [-0.4, -0.2) is 43.8 Å². The van der Waals surface area contributed by atoms with E-state index >= 15 is 0 Å². The van der Waals surface area contributed by atoms with Crippen LogP contribution < -0.4 is 20.1 Å². The van der Waals surface area contributed by atoms with Crippen molar-refractivity contribution in [3.05, 3.63) is 23.8 Å². The number of ether oxygens (including phenoxy) is 3. The van der Waals surface area contributed by atoms with Gasteiger partial charge >= 0.3 is 12.0 Å². The molecule has 0 bridgehead atoms. The molecule has 3 amide bonds. The number of esters is 1. The smallest absolute Gasteiger partial charge is 0.321 e. The average molecular weight is 380 g/mol. The van der Waals surface area contributed by atoms with Gasteiger partial charge in [-0.25, -0.2) is 4.79 Å². The predicted octanol–water partition coefficient (Wildman–Crippen LogP) is 2.19. The first-order chi connectivity index (χ1) is 12.5. The number of hydrogen-bond donors (Lipinski definition) is 2. The van der Waals surface area contributed by atoms with E-state index in [9.17, 15) is 14.4 Å². The minimum absolute atomic E-state index is 0.0716. The Morgan fingerprint density at radius 2 is 1.59 bits per heavy atom. The SMILES string of the molecule is COc1cc(CCC(=O)O[C@@H](C)C(=O)NC(=O)NC(C)(C)C)cc(OC)c1. The number of hydrogen-bond acceptors (Lipinski definition) is 6. The Labute approximate surface area is 159 Å². The lowest BCUT2D eigenvalue weighted by Crippen LogP contribution is -2.50. The zero-order valence-corrected chi connectivity index (χ0v) is 16.7. The molecule has 0 unspecified atom stereocenters. The van der Waals surface area contributed by atoms with Crippen LogP contribution in [-0.2, 0) is 20.7 Å². The first-order valence-electron chi connectivity index (χ1n) is 8.58. The minimum atomic E-state index is -1.08. The van der Waals surface area contributed by atoms with Gasteiger partial charge in [-0.1, -0.05) is 0 Å². The zero-order valence-electron chi connectivity index (χ0n) is 16.7. The monoisotopic (exact) mass is 380 g/mol. The molecule has 0 heterocycles. The van der Waals surface area contributed by atoms with E-state index in [0.29, 0.717) is 17.9 Å². The molecule has 150 valence electrons. The molecule has 0 aliphatic carbocycles. The van der Waals surface area contributed by atoms with E-state index in [1.807, 2.05) is 0 Å². The second-order valence-electron chi connectivity index (χ2n) is 7.05. The number of carbonyl (C=O) groups excluding carboxylic acids is 3. The highest BCUT2D eigenvalue weighted by atomic mass is 16.5. The van der Waals surface area contributed by atoms with Gasteiger partial charge in [0, 0.05) is 18.0 Å². The molecule has 0 spiro atoms.